The molecule has 1 aromatic heterocycles. The van der Waals surface area contributed by atoms with E-state index in [1.54, 1.807) is 0 Å². The summed E-state index contributed by atoms with van der Waals surface area (Å²) in [5.41, 5.74) is 0. The fourth-order valence-corrected chi connectivity index (χ4v) is 3.22. The first-order valence-electron chi connectivity index (χ1n) is 7.51. The number of nitrogens with one attached hydrogen (secondary N) is 1. The van der Waals surface area contributed by atoms with Crippen LogP contribution in [-0.4, -0.2) is 16.0 Å². The third-order valence-electron chi connectivity index (χ3n) is 3.99. The molecule has 0 radical (unpaired) electrons. The highest BCUT2D eigenvalue weighted by atomic mass is 79.9. The van der Waals surface area contributed by atoms with Crippen molar-refractivity contribution in [3.63, 3.8) is 0 Å². The zero-order chi connectivity index (χ0) is 13.7. The van der Waals surface area contributed by atoms with Gasteiger partial charge in [-0.2, -0.15) is 0 Å². The first-order chi connectivity index (χ1) is 9.21. The summed E-state index contributed by atoms with van der Waals surface area (Å²) < 4.78 is 0.885. The van der Waals surface area contributed by atoms with Crippen LogP contribution in [-0.2, 0) is 6.42 Å². The minimum absolute atomic E-state index is 0.582. The minimum Gasteiger partial charge on any atom is -0.367 e. The van der Waals surface area contributed by atoms with E-state index < -0.39 is 0 Å². The number of anilines is 1. The van der Waals surface area contributed by atoms with E-state index in [2.05, 4.69) is 45.1 Å². The standard InChI is InChI=1S/C15H24BrN3/c1-3-5-14-18-13(16)10-15(19-14)17-12-8-6-11(4-2)7-9-12/h10-12H,3-9H2,1-2H3,(H,17,18,19). The summed E-state index contributed by atoms with van der Waals surface area (Å²) >= 11 is 3.48. The Bertz CT molecular complexity index is 400. The zero-order valence-electron chi connectivity index (χ0n) is 12.0. The maximum atomic E-state index is 4.60. The Balaban J connectivity index is 1.95. The van der Waals surface area contributed by atoms with Crippen LogP contribution in [0.15, 0.2) is 10.7 Å². The highest BCUT2D eigenvalue weighted by Gasteiger charge is 2.20. The van der Waals surface area contributed by atoms with Gasteiger partial charge in [-0.05, 0) is 54.0 Å². The van der Waals surface area contributed by atoms with Crippen LogP contribution >= 0.6 is 15.9 Å². The van der Waals surface area contributed by atoms with Crippen molar-refractivity contribution >= 4 is 21.7 Å². The molecule has 0 saturated heterocycles. The van der Waals surface area contributed by atoms with Gasteiger partial charge in [-0.3, -0.25) is 0 Å². The molecule has 0 atom stereocenters. The molecule has 19 heavy (non-hydrogen) atoms. The first kappa shape index (κ1) is 14.8. The van der Waals surface area contributed by atoms with Gasteiger partial charge in [0.05, 0.1) is 0 Å². The Labute approximate surface area is 124 Å². The van der Waals surface area contributed by atoms with Gasteiger partial charge >= 0.3 is 0 Å². The van der Waals surface area contributed by atoms with Gasteiger partial charge < -0.3 is 5.32 Å². The molecule has 0 bridgehead atoms. The molecule has 4 heteroatoms. The Morgan fingerprint density at radius 3 is 2.58 bits per heavy atom. The molecule has 0 amide bonds. The van der Waals surface area contributed by atoms with Gasteiger partial charge in [0.25, 0.3) is 0 Å². The van der Waals surface area contributed by atoms with Crippen LogP contribution in [0.1, 0.15) is 58.2 Å². The monoisotopic (exact) mass is 325 g/mol. The lowest BCUT2D eigenvalue weighted by Crippen LogP contribution is -2.26. The molecular formula is C15H24BrN3. The normalized spacial score (nSPS) is 23.3. The van der Waals surface area contributed by atoms with Crippen molar-refractivity contribution in [3.8, 4) is 0 Å². The third kappa shape index (κ3) is 4.44. The number of halogens is 1. The third-order valence-corrected chi connectivity index (χ3v) is 4.40. The highest BCUT2D eigenvalue weighted by molar-refractivity contribution is 9.10. The number of nitrogens with zero attached hydrogens (tertiary/aromatic N) is 2. The second-order valence-electron chi connectivity index (χ2n) is 5.51. The second kappa shape index (κ2) is 7.22. The van der Waals surface area contributed by atoms with Crippen LogP contribution in [0.3, 0.4) is 0 Å². The number of hydrogen-bond donors (Lipinski definition) is 1. The molecular weight excluding hydrogens is 302 g/mol. The molecule has 0 unspecified atom stereocenters. The van der Waals surface area contributed by atoms with E-state index in [0.717, 1.165) is 35.0 Å². The van der Waals surface area contributed by atoms with Crippen molar-refractivity contribution in [2.45, 2.75) is 64.8 Å². The molecule has 1 heterocycles. The van der Waals surface area contributed by atoms with Crippen LogP contribution in [0.25, 0.3) is 0 Å². The molecule has 2 rings (SSSR count). The quantitative estimate of drug-likeness (QED) is 0.805. The molecule has 1 aliphatic carbocycles. The van der Waals surface area contributed by atoms with Crippen LogP contribution < -0.4 is 5.32 Å². The lowest BCUT2D eigenvalue weighted by atomic mass is 9.84. The first-order valence-corrected chi connectivity index (χ1v) is 8.30. The topological polar surface area (TPSA) is 37.8 Å². The fourth-order valence-electron chi connectivity index (χ4n) is 2.80. The van der Waals surface area contributed by atoms with Crippen molar-refractivity contribution in [1.29, 1.82) is 0 Å². The molecule has 3 nitrogen and oxygen atoms in total. The molecule has 0 aromatic carbocycles. The van der Waals surface area contributed by atoms with Crippen LogP contribution in [0.2, 0.25) is 0 Å². The van der Waals surface area contributed by atoms with Gasteiger partial charge in [0.2, 0.25) is 0 Å². The van der Waals surface area contributed by atoms with Crippen molar-refractivity contribution in [2.24, 2.45) is 5.92 Å². The summed E-state index contributed by atoms with van der Waals surface area (Å²) in [5, 5.41) is 3.58. The van der Waals surface area contributed by atoms with E-state index in [0.29, 0.717) is 6.04 Å². The largest absolute Gasteiger partial charge is 0.367 e. The van der Waals surface area contributed by atoms with Crippen LogP contribution in [0.5, 0.6) is 0 Å². The predicted octanol–water partition coefficient (Wildman–Crippen LogP) is 4.57. The Kier molecular flexibility index (Phi) is 5.61. The molecule has 1 aliphatic rings. The second-order valence-corrected chi connectivity index (χ2v) is 6.32. The van der Waals surface area contributed by atoms with Crippen molar-refractivity contribution in [1.82, 2.24) is 9.97 Å². The van der Waals surface area contributed by atoms with E-state index in [-0.39, 0.29) is 0 Å². The summed E-state index contributed by atoms with van der Waals surface area (Å²) in [5.74, 6) is 2.85. The zero-order valence-corrected chi connectivity index (χ0v) is 13.5. The van der Waals surface area contributed by atoms with E-state index in [9.17, 15) is 0 Å². The van der Waals surface area contributed by atoms with E-state index >= 15 is 0 Å². The van der Waals surface area contributed by atoms with Gasteiger partial charge in [0.15, 0.2) is 0 Å². The van der Waals surface area contributed by atoms with Crippen molar-refractivity contribution < 1.29 is 0 Å². The molecule has 1 aromatic rings. The van der Waals surface area contributed by atoms with Gasteiger partial charge in [-0.1, -0.05) is 20.3 Å². The van der Waals surface area contributed by atoms with E-state index in [1.807, 2.05) is 6.07 Å². The maximum absolute atomic E-state index is 4.60. The lowest BCUT2D eigenvalue weighted by molar-refractivity contribution is 0.330. The summed E-state index contributed by atoms with van der Waals surface area (Å²) in [4.78, 5) is 9.01. The smallest absolute Gasteiger partial charge is 0.132 e. The van der Waals surface area contributed by atoms with Crippen LogP contribution in [0.4, 0.5) is 5.82 Å². The van der Waals surface area contributed by atoms with Crippen molar-refractivity contribution in [3.05, 3.63) is 16.5 Å². The summed E-state index contributed by atoms with van der Waals surface area (Å²) in [6.45, 7) is 4.46. The molecule has 1 N–H and O–H groups in total. The molecule has 0 spiro atoms. The fraction of sp³-hybridized carbons (Fsp3) is 0.733. The Morgan fingerprint density at radius 1 is 1.21 bits per heavy atom. The van der Waals surface area contributed by atoms with Crippen molar-refractivity contribution in [2.75, 3.05) is 5.32 Å². The molecule has 0 aliphatic heterocycles. The minimum atomic E-state index is 0.582. The van der Waals surface area contributed by atoms with Gasteiger partial charge in [0, 0.05) is 18.5 Å². The Morgan fingerprint density at radius 2 is 1.95 bits per heavy atom. The SMILES string of the molecule is CCCc1nc(Br)cc(NC2CCC(CC)CC2)n1. The number of rotatable bonds is 5. The summed E-state index contributed by atoms with van der Waals surface area (Å²) in [6, 6.07) is 2.57. The number of aryl methyl sites for hydroxylation is 1. The number of aromatic nitrogens is 2. The predicted molar refractivity (Wildman–Crippen MR) is 83.4 cm³/mol. The molecule has 1 saturated carbocycles. The van der Waals surface area contributed by atoms with Gasteiger partial charge in [-0.25, -0.2) is 9.97 Å². The molecule has 1 fully saturated rings. The number of hydrogen-bond acceptors (Lipinski definition) is 3. The highest BCUT2D eigenvalue weighted by Crippen LogP contribution is 2.28. The van der Waals surface area contributed by atoms with Crippen LogP contribution in [0, 0.1) is 5.92 Å². The lowest BCUT2D eigenvalue weighted by Gasteiger charge is -2.28. The molecule has 106 valence electrons. The maximum Gasteiger partial charge on any atom is 0.132 e. The summed E-state index contributed by atoms with van der Waals surface area (Å²) in [6.07, 6.45) is 8.58. The average Bonchev–Trinajstić information content (AvgIpc) is 2.39. The van der Waals surface area contributed by atoms with E-state index in [4.69, 9.17) is 0 Å². The van der Waals surface area contributed by atoms with E-state index in [1.165, 1.54) is 32.1 Å². The van der Waals surface area contributed by atoms with Gasteiger partial charge in [0.1, 0.15) is 16.2 Å². The van der Waals surface area contributed by atoms with Gasteiger partial charge in [-0.15, -0.1) is 0 Å². The Hall–Kier alpha value is -0.640. The summed E-state index contributed by atoms with van der Waals surface area (Å²) in [7, 11) is 0. The average molecular weight is 326 g/mol.